The molecule has 1 aromatic heterocycles. The molecule has 12 nitrogen and oxygen atoms in total. The van der Waals surface area contributed by atoms with Gasteiger partial charge in [0.1, 0.15) is 0 Å². The lowest BCUT2D eigenvalue weighted by Gasteiger charge is -2.33. The molecule has 0 spiro atoms. The molecule has 39 heavy (non-hydrogen) atoms. The van der Waals surface area contributed by atoms with E-state index in [1.807, 2.05) is 17.2 Å². The number of anilines is 2. The maximum atomic E-state index is 13.0. The number of rotatable bonds is 7. The highest BCUT2D eigenvalue weighted by Crippen LogP contribution is 2.42. The van der Waals surface area contributed by atoms with Gasteiger partial charge in [-0.2, -0.15) is 4.98 Å². The summed E-state index contributed by atoms with van der Waals surface area (Å²) in [6, 6.07) is 6.20. The third kappa shape index (κ3) is 6.34. The molecule has 0 saturated carbocycles. The molecule has 1 unspecified atom stereocenters. The van der Waals surface area contributed by atoms with E-state index in [0.717, 1.165) is 69.4 Å². The number of fused-ring (bicyclic) bond motifs is 2. The molecule has 2 saturated heterocycles. The normalized spacial score (nSPS) is 19.7. The molecule has 210 valence electrons. The van der Waals surface area contributed by atoms with Crippen molar-refractivity contribution in [3.8, 4) is 11.5 Å². The van der Waals surface area contributed by atoms with Gasteiger partial charge in [0.2, 0.25) is 5.91 Å². The number of hydrogen-bond donors (Lipinski definition) is 5. The molecule has 1 aromatic carbocycles. The Morgan fingerprint density at radius 2 is 1.97 bits per heavy atom. The molecule has 12 heteroatoms. The maximum Gasteiger partial charge on any atom is 0.350 e. The molecule has 7 N–H and O–H groups in total. The highest BCUT2D eigenvalue weighted by atomic mass is 16.5. The van der Waals surface area contributed by atoms with E-state index >= 15 is 0 Å². The van der Waals surface area contributed by atoms with E-state index in [9.17, 15) is 9.59 Å². The second kappa shape index (κ2) is 12.0. The van der Waals surface area contributed by atoms with Gasteiger partial charge < -0.3 is 36.6 Å². The van der Waals surface area contributed by atoms with Crippen LogP contribution in [0.15, 0.2) is 29.2 Å². The van der Waals surface area contributed by atoms with Crippen molar-refractivity contribution in [1.82, 2.24) is 24.7 Å². The molecule has 2 fully saturated rings. The summed E-state index contributed by atoms with van der Waals surface area (Å²) >= 11 is 0. The van der Waals surface area contributed by atoms with Crippen molar-refractivity contribution < 1.29 is 9.53 Å². The number of benzene rings is 1. The Kier molecular flexibility index (Phi) is 8.32. The van der Waals surface area contributed by atoms with Crippen molar-refractivity contribution in [2.75, 3.05) is 51.1 Å². The van der Waals surface area contributed by atoms with Crippen molar-refractivity contribution in [1.29, 1.82) is 5.41 Å². The van der Waals surface area contributed by atoms with E-state index in [1.165, 1.54) is 0 Å². The van der Waals surface area contributed by atoms with Crippen LogP contribution in [-0.2, 0) is 4.79 Å². The van der Waals surface area contributed by atoms with E-state index in [1.54, 1.807) is 4.57 Å². The molecular weight excluding hydrogens is 498 g/mol. The lowest BCUT2D eigenvalue weighted by Crippen LogP contribution is -2.45. The predicted molar refractivity (Wildman–Crippen MR) is 150 cm³/mol. The second-order valence-corrected chi connectivity index (χ2v) is 10.6. The number of hydrogen-bond acceptors (Lipinski definition) is 8. The van der Waals surface area contributed by atoms with Crippen LogP contribution in [0.5, 0.6) is 11.5 Å². The molecule has 5 rings (SSSR count). The Balaban J connectivity index is 1.23. The molecule has 1 atom stereocenters. The quantitative estimate of drug-likeness (QED) is 0.222. The average molecular weight is 538 g/mol. The van der Waals surface area contributed by atoms with Gasteiger partial charge in [0.15, 0.2) is 23.3 Å². The Morgan fingerprint density at radius 1 is 1.15 bits per heavy atom. The highest BCUT2D eigenvalue weighted by molar-refractivity contribution is 5.84. The Morgan fingerprint density at radius 3 is 2.74 bits per heavy atom. The first-order chi connectivity index (χ1) is 18.9. The van der Waals surface area contributed by atoms with Crippen molar-refractivity contribution in [2.24, 2.45) is 11.5 Å². The van der Waals surface area contributed by atoms with Gasteiger partial charge in [-0.1, -0.05) is 6.07 Å². The number of likely N-dealkylation sites (tertiary alicyclic amines) is 2. The van der Waals surface area contributed by atoms with Crippen molar-refractivity contribution in [2.45, 2.75) is 50.5 Å². The standard InChI is InChI=1S/C27H39N9O3/c28-9-2-11-34-10-1-3-20(8-12-34)36-17-23-25(33-27(36)38)32-21-15-19(4-5-22(21)39-23)18-6-13-35(14-7-18)24(37)16-31-26(29)30/h4-5,15,17-18,20H,1-3,6-14,16,28H2,(H4,29,30,31)(H,32,33,38). The summed E-state index contributed by atoms with van der Waals surface area (Å²) in [5, 5.41) is 13.1. The number of amides is 1. The molecule has 0 radical (unpaired) electrons. The van der Waals surface area contributed by atoms with Crippen LogP contribution >= 0.6 is 0 Å². The van der Waals surface area contributed by atoms with Gasteiger partial charge in [-0.3, -0.25) is 14.8 Å². The first-order valence-corrected chi connectivity index (χ1v) is 13.9. The summed E-state index contributed by atoms with van der Waals surface area (Å²) in [6.07, 6.45) is 7.35. The van der Waals surface area contributed by atoms with Gasteiger partial charge in [0, 0.05) is 25.7 Å². The number of piperidine rings is 1. The summed E-state index contributed by atoms with van der Waals surface area (Å²) in [7, 11) is 0. The largest absolute Gasteiger partial charge is 0.450 e. The van der Waals surface area contributed by atoms with Crippen LogP contribution in [0.4, 0.5) is 11.5 Å². The monoisotopic (exact) mass is 537 g/mol. The van der Waals surface area contributed by atoms with Crippen molar-refractivity contribution in [3.05, 3.63) is 40.4 Å². The number of nitrogens with two attached hydrogens (primary N) is 2. The third-order valence-corrected chi connectivity index (χ3v) is 8.01. The van der Waals surface area contributed by atoms with Gasteiger partial charge in [0.25, 0.3) is 0 Å². The molecule has 2 aromatic rings. The molecule has 4 heterocycles. The Bertz CT molecular complexity index is 1260. The number of carbonyl (C=O) groups excluding carboxylic acids is 1. The number of ether oxygens (including phenoxy) is 1. The van der Waals surface area contributed by atoms with Crippen LogP contribution < -0.4 is 32.5 Å². The zero-order valence-corrected chi connectivity index (χ0v) is 22.3. The van der Waals surface area contributed by atoms with Crippen molar-refractivity contribution in [3.63, 3.8) is 0 Å². The number of nitrogens with one attached hydrogen (secondary N) is 3. The summed E-state index contributed by atoms with van der Waals surface area (Å²) in [6.45, 7) is 5.03. The fourth-order valence-electron chi connectivity index (χ4n) is 5.81. The SMILES string of the molecule is N=C(N)NCC(=O)N1CCC(c2ccc3c(c2)Nc2nc(=O)n(C4CCCN(CCCN)CC4)cc2O3)CC1. The summed E-state index contributed by atoms with van der Waals surface area (Å²) in [4.78, 5) is 33.9. The average Bonchev–Trinajstić information content (AvgIpc) is 3.18. The highest BCUT2D eigenvalue weighted by Gasteiger charge is 2.27. The zero-order chi connectivity index (χ0) is 27.4. The van der Waals surface area contributed by atoms with Gasteiger partial charge in [-0.15, -0.1) is 0 Å². The number of guanidine groups is 1. The summed E-state index contributed by atoms with van der Waals surface area (Å²) in [5.41, 5.74) is 12.6. The van der Waals surface area contributed by atoms with Crippen LogP contribution in [0.25, 0.3) is 0 Å². The maximum absolute atomic E-state index is 13.0. The van der Waals surface area contributed by atoms with E-state index < -0.39 is 0 Å². The molecule has 0 aliphatic carbocycles. The summed E-state index contributed by atoms with van der Waals surface area (Å²) < 4.78 is 7.95. The van der Waals surface area contributed by atoms with Gasteiger partial charge in [0.05, 0.1) is 18.4 Å². The molecule has 3 aliphatic heterocycles. The molecular formula is C27H39N9O3. The first-order valence-electron chi connectivity index (χ1n) is 13.9. The fourth-order valence-corrected chi connectivity index (χ4v) is 5.81. The Hall–Kier alpha value is -3.64. The van der Waals surface area contributed by atoms with Gasteiger partial charge >= 0.3 is 5.69 Å². The van der Waals surface area contributed by atoms with Crippen molar-refractivity contribution >= 4 is 23.4 Å². The van der Waals surface area contributed by atoms with Crippen LogP contribution in [-0.4, -0.2) is 77.0 Å². The van der Waals surface area contributed by atoms with Crippen LogP contribution in [0.1, 0.15) is 56.0 Å². The zero-order valence-electron chi connectivity index (χ0n) is 22.3. The molecule has 3 aliphatic rings. The van der Waals surface area contributed by atoms with Gasteiger partial charge in [-0.25, -0.2) is 4.79 Å². The molecule has 0 bridgehead atoms. The number of carbonyl (C=O) groups is 1. The van der Waals surface area contributed by atoms with E-state index in [0.29, 0.717) is 42.9 Å². The lowest BCUT2D eigenvalue weighted by atomic mass is 9.89. The minimum atomic E-state index is -0.263. The second-order valence-electron chi connectivity index (χ2n) is 10.6. The minimum Gasteiger partial charge on any atom is -0.450 e. The lowest BCUT2D eigenvalue weighted by molar-refractivity contribution is -0.131. The number of aromatic nitrogens is 2. The van der Waals surface area contributed by atoms with Crippen LogP contribution in [0.2, 0.25) is 0 Å². The number of nitrogens with zero attached hydrogens (tertiary/aromatic N) is 4. The van der Waals surface area contributed by atoms with E-state index in [4.69, 9.17) is 21.6 Å². The first kappa shape index (κ1) is 26.9. The predicted octanol–water partition coefficient (Wildman–Crippen LogP) is 1.66. The third-order valence-electron chi connectivity index (χ3n) is 8.01. The molecule has 1 amide bonds. The fraction of sp³-hybridized carbons (Fsp3) is 0.556. The van der Waals surface area contributed by atoms with Gasteiger partial charge in [-0.05, 0) is 81.8 Å². The van der Waals surface area contributed by atoms with Crippen LogP contribution in [0, 0.1) is 5.41 Å². The smallest absolute Gasteiger partial charge is 0.350 e. The van der Waals surface area contributed by atoms with E-state index in [2.05, 4.69) is 32.7 Å². The Labute approximate surface area is 228 Å². The summed E-state index contributed by atoms with van der Waals surface area (Å²) in [5.74, 6) is 1.76. The van der Waals surface area contributed by atoms with Crippen LogP contribution in [0.3, 0.4) is 0 Å². The minimum absolute atomic E-state index is 0.0438. The topological polar surface area (TPSA) is 168 Å². The van der Waals surface area contributed by atoms with E-state index in [-0.39, 0.29) is 30.1 Å².